The summed E-state index contributed by atoms with van der Waals surface area (Å²) < 4.78 is 31.7. The third-order valence-corrected chi connectivity index (χ3v) is 6.34. The van der Waals surface area contributed by atoms with Crippen LogP contribution in [0.3, 0.4) is 0 Å². The van der Waals surface area contributed by atoms with Crippen LogP contribution < -0.4 is 4.74 Å². The van der Waals surface area contributed by atoms with E-state index < -0.39 is 45.6 Å². The first-order chi connectivity index (χ1) is 14.5. The van der Waals surface area contributed by atoms with Gasteiger partial charge >= 0.3 is 28.1 Å². The minimum absolute atomic E-state index is 0.00781. The molecule has 0 aromatic heterocycles. The SMILES string of the molecule is C=[N+]([O-])/C(=C\C=C/C)S(=O)(=O)N1CC(Oc2ccc(CCB(O)O)c(O)c2C(=O)O)C1. The van der Waals surface area contributed by atoms with Crippen molar-refractivity contribution in [2.24, 2.45) is 0 Å². The average molecular weight is 454 g/mol. The van der Waals surface area contributed by atoms with Crippen molar-refractivity contribution in [3.05, 3.63) is 51.7 Å². The Bertz CT molecular complexity index is 1020. The molecule has 1 aliphatic heterocycles. The lowest BCUT2D eigenvalue weighted by molar-refractivity contribution is -0.378. The molecule has 0 amide bonds. The fourth-order valence-corrected chi connectivity index (χ4v) is 4.36. The van der Waals surface area contributed by atoms with Gasteiger partial charge in [0.05, 0.1) is 13.1 Å². The molecule has 0 radical (unpaired) electrons. The van der Waals surface area contributed by atoms with Gasteiger partial charge in [-0.05, 0) is 31.3 Å². The maximum atomic E-state index is 12.6. The number of carboxylic acids is 1. The molecule has 1 fully saturated rings. The van der Waals surface area contributed by atoms with Crippen LogP contribution in [0.5, 0.6) is 11.5 Å². The number of benzene rings is 1. The maximum Gasteiger partial charge on any atom is 0.451 e. The van der Waals surface area contributed by atoms with Gasteiger partial charge in [0.2, 0.25) is 0 Å². The molecule has 0 bridgehead atoms. The lowest BCUT2D eigenvalue weighted by Gasteiger charge is -2.37. The number of hydrogen-bond donors (Lipinski definition) is 4. The van der Waals surface area contributed by atoms with E-state index in [9.17, 15) is 28.6 Å². The van der Waals surface area contributed by atoms with Gasteiger partial charge in [-0.1, -0.05) is 18.2 Å². The number of aryl methyl sites for hydroxylation is 1. The van der Waals surface area contributed by atoms with Crippen LogP contribution in [0.4, 0.5) is 0 Å². The van der Waals surface area contributed by atoms with Crippen LogP contribution in [-0.4, -0.2) is 76.7 Å². The number of aromatic carboxylic acids is 1. The molecule has 11 nitrogen and oxygen atoms in total. The van der Waals surface area contributed by atoms with E-state index in [0.717, 1.165) is 10.4 Å². The molecule has 4 N–H and O–H groups in total. The highest BCUT2D eigenvalue weighted by atomic mass is 32.2. The molecule has 1 heterocycles. The Morgan fingerprint density at radius 2 is 2.06 bits per heavy atom. The molecule has 1 aromatic rings. The number of nitrogens with zero attached hydrogens (tertiary/aromatic N) is 2. The van der Waals surface area contributed by atoms with Gasteiger partial charge in [-0.25, -0.2) is 13.2 Å². The smallest absolute Gasteiger partial charge is 0.451 e. The zero-order valence-electron chi connectivity index (χ0n) is 16.7. The second-order valence-corrected chi connectivity index (χ2v) is 8.63. The van der Waals surface area contributed by atoms with E-state index in [4.69, 9.17) is 14.8 Å². The van der Waals surface area contributed by atoms with Crippen LogP contribution in [0.15, 0.2) is 35.4 Å². The minimum atomic E-state index is -4.12. The normalized spacial score (nSPS) is 15.6. The molecule has 0 spiro atoms. The van der Waals surface area contributed by atoms with Gasteiger partial charge in [-0.15, -0.1) is 0 Å². The molecule has 13 heteroatoms. The van der Waals surface area contributed by atoms with E-state index >= 15 is 0 Å². The van der Waals surface area contributed by atoms with Crippen LogP contribution in [-0.2, 0) is 16.4 Å². The summed E-state index contributed by atoms with van der Waals surface area (Å²) in [6.07, 6.45) is 3.27. The first-order valence-corrected chi connectivity index (χ1v) is 10.6. The highest BCUT2D eigenvalue weighted by Gasteiger charge is 2.42. The maximum absolute atomic E-state index is 12.6. The largest absolute Gasteiger partial charge is 0.618 e. The summed E-state index contributed by atoms with van der Waals surface area (Å²) in [4.78, 5) is 11.6. The summed E-state index contributed by atoms with van der Waals surface area (Å²) in [6.45, 7) is 4.45. The number of allylic oxidation sites excluding steroid dienone is 3. The Hall–Kier alpha value is -2.87. The first kappa shape index (κ1) is 24.4. The predicted molar refractivity (Wildman–Crippen MR) is 112 cm³/mol. The van der Waals surface area contributed by atoms with Gasteiger partial charge in [0.1, 0.15) is 29.9 Å². The number of hydrogen-bond acceptors (Lipinski definition) is 8. The molecule has 0 saturated carbocycles. The number of carboxylic acid groups (broad SMARTS) is 1. The average Bonchev–Trinajstić information content (AvgIpc) is 2.62. The van der Waals surface area contributed by atoms with Crippen molar-refractivity contribution < 1.29 is 42.9 Å². The first-order valence-electron chi connectivity index (χ1n) is 9.20. The number of rotatable bonds is 10. The molecule has 1 aromatic carbocycles. The van der Waals surface area contributed by atoms with E-state index in [0.29, 0.717) is 0 Å². The fraction of sp³-hybridized carbons (Fsp3) is 0.333. The summed E-state index contributed by atoms with van der Waals surface area (Å²) in [6, 6.07) is 2.70. The van der Waals surface area contributed by atoms with E-state index in [1.165, 1.54) is 18.2 Å². The van der Waals surface area contributed by atoms with Gasteiger partial charge in [0, 0.05) is 6.08 Å². The van der Waals surface area contributed by atoms with Crippen molar-refractivity contribution in [3.8, 4) is 11.5 Å². The summed E-state index contributed by atoms with van der Waals surface area (Å²) >= 11 is 0. The highest BCUT2D eigenvalue weighted by molar-refractivity contribution is 7.92. The molecular weight excluding hydrogens is 431 g/mol. The summed E-state index contributed by atoms with van der Waals surface area (Å²) in [5.41, 5.74) is -0.316. The van der Waals surface area contributed by atoms with Crippen molar-refractivity contribution >= 4 is 29.8 Å². The van der Waals surface area contributed by atoms with Crippen LogP contribution in [0.1, 0.15) is 22.8 Å². The zero-order chi connectivity index (χ0) is 23.3. The molecule has 0 aliphatic carbocycles. The standard InChI is InChI=1S/C18H23BN2O9S/c1-3-4-5-15(20(2)27)31(28,29)21-10-13(11-21)30-14-7-6-12(8-9-19(25)26)17(22)16(14)18(23)24/h3-7,13,22,25-26H,2,8-11H2,1H3,(H,23,24)/b4-3-,15-5+. The lowest BCUT2D eigenvalue weighted by atomic mass is 9.82. The molecular formula is C18H23BN2O9S. The lowest BCUT2D eigenvalue weighted by Crippen LogP contribution is -2.56. The minimum Gasteiger partial charge on any atom is -0.618 e. The third-order valence-electron chi connectivity index (χ3n) is 4.50. The molecule has 31 heavy (non-hydrogen) atoms. The Kier molecular flexibility index (Phi) is 7.84. The number of ether oxygens (including phenoxy) is 1. The fourth-order valence-electron chi connectivity index (χ4n) is 2.87. The van der Waals surface area contributed by atoms with Gasteiger partial charge < -0.3 is 30.2 Å². The van der Waals surface area contributed by atoms with Gasteiger partial charge in [-0.2, -0.15) is 9.04 Å². The summed E-state index contributed by atoms with van der Waals surface area (Å²) in [5.74, 6) is -2.18. The Balaban J connectivity index is 2.17. The van der Waals surface area contributed by atoms with Crippen LogP contribution in [0.25, 0.3) is 0 Å². The van der Waals surface area contributed by atoms with Crippen LogP contribution in [0, 0.1) is 5.21 Å². The van der Waals surface area contributed by atoms with Gasteiger partial charge in [-0.3, -0.25) is 0 Å². The number of hydroxylamine groups is 1. The van der Waals surface area contributed by atoms with Crippen molar-refractivity contribution in [1.29, 1.82) is 0 Å². The predicted octanol–water partition coefficient (Wildman–Crippen LogP) is 0.127. The Labute approximate surface area is 179 Å². The monoisotopic (exact) mass is 454 g/mol. The number of aromatic hydroxyl groups is 1. The van der Waals surface area contributed by atoms with Crippen molar-refractivity contribution in [3.63, 3.8) is 0 Å². The summed E-state index contributed by atoms with van der Waals surface area (Å²) in [7, 11) is -5.73. The van der Waals surface area contributed by atoms with Crippen LogP contribution >= 0.6 is 0 Å². The molecule has 0 unspecified atom stereocenters. The van der Waals surface area contributed by atoms with Crippen LogP contribution in [0.2, 0.25) is 6.32 Å². The second kappa shape index (κ2) is 9.96. The quantitative estimate of drug-likeness (QED) is 0.0958. The van der Waals surface area contributed by atoms with E-state index in [2.05, 4.69) is 6.72 Å². The highest BCUT2D eigenvalue weighted by Crippen LogP contribution is 2.34. The zero-order valence-corrected chi connectivity index (χ0v) is 17.5. The van der Waals surface area contributed by atoms with E-state index in [1.807, 2.05) is 0 Å². The number of phenols is 1. The van der Waals surface area contributed by atoms with Crippen molar-refractivity contribution in [2.45, 2.75) is 25.8 Å². The molecule has 2 rings (SSSR count). The molecule has 1 saturated heterocycles. The number of sulfonamides is 1. The van der Waals surface area contributed by atoms with Gasteiger partial charge in [0.15, 0.2) is 0 Å². The van der Waals surface area contributed by atoms with Crippen molar-refractivity contribution in [1.82, 2.24) is 4.31 Å². The van der Waals surface area contributed by atoms with E-state index in [-0.39, 0.29) is 41.9 Å². The number of carbonyl (C=O) groups is 1. The molecule has 0 atom stereocenters. The Morgan fingerprint density at radius 1 is 1.42 bits per heavy atom. The van der Waals surface area contributed by atoms with E-state index in [1.54, 1.807) is 13.0 Å². The summed E-state index contributed by atoms with van der Waals surface area (Å²) in [5, 5.41) is 48.6. The second-order valence-electron chi connectivity index (χ2n) is 6.74. The third kappa shape index (κ3) is 5.64. The van der Waals surface area contributed by atoms with Crippen molar-refractivity contribution in [2.75, 3.05) is 13.1 Å². The molecule has 1 aliphatic rings. The topological polar surface area (TPSA) is 171 Å². The van der Waals surface area contributed by atoms with Gasteiger partial charge in [0.25, 0.3) is 0 Å². The molecule has 168 valence electrons. The Morgan fingerprint density at radius 3 is 2.58 bits per heavy atom.